The minimum absolute atomic E-state index is 0.411. The molecule has 0 aromatic heterocycles. The van der Waals surface area contributed by atoms with Crippen LogP contribution < -0.4 is 0 Å². The van der Waals surface area contributed by atoms with Gasteiger partial charge in [-0.2, -0.15) is 0 Å². The summed E-state index contributed by atoms with van der Waals surface area (Å²) in [5, 5.41) is 8.85. The Labute approximate surface area is 89.7 Å². The van der Waals surface area contributed by atoms with Crippen LogP contribution in [0.15, 0.2) is 18.2 Å². The van der Waals surface area contributed by atoms with Crippen LogP contribution in [0.25, 0.3) is 0 Å². The van der Waals surface area contributed by atoms with E-state index >= 15 is 0 Å². The lowest BCUT2D eigenvalue weighted by atomic mass is 10.0. The van der Waals surface area contributed by atoms with Gasteiger partial charge in [-0.1, -0.05) is 29.3 Å². The molecule has 1 atom stereocenters. The summed E-state index contributed by atoms with van der Waals surface area (Å²) in [5.41, 5.74) is 3.29. The SMILES string of the molecule is CO[C@H](Cc1cc(C)cc(C)c1)C(=O)O. The standard InChI is InChI=1S/C12H16O3/c1-8-4-9(2)6-10(5-8)7-11(15-3)12(13)14/h4-6,11H,7H2,1-3H3,(H,13,14)/t11-/m1/s1. The lowest BCUT2D eigenvalue weighted by Crippen LogP contribution is -2.24. The number of aliphatic carboxylic acids is 1. The first-order valence-corrected chi connectivity index (χ1v) is 4.85. The van der Waals surface area contributed by atoms with Crippen molar-refractivity contribution >= 4 is 5.97 Å². The van der Waals surface area contributed by atoms with E-state index in [0.29, 0.717) is 6.42 Å². The third-order valence-corrected chi connectivity index (χ3v) is 2.26. The number of hydrogen-bond acceptors (Lipinski definition) is 2. The van der Waals surface area contributed by atoms with Crippen LogP contribution in [0.3, 0.4) is 0 Å². The summed E-state index contributed by atoms with van der Waals surface area (Å²) in [5.74, 6) is -0.920. The molecule has 0 saturated carbocycles. The number of hydrogen-bond donors (Lipinski definition) is 1. The molecule has 82 valence electrons. The zero-order valence-corrected chi connectivity index (χ0v) is 9.28. The lowest BCUT2D eigenvalue weighted by Gasteiger charge is -2.11. The van der Waals surface area contributed by atoms with Crippen molar-refractivity contribution in [2.45, 2.75) is 26.4 Å². The van der Waals surface area contributed by atoms with E-state index in [1.54, 1.807) is 0 Å². The van der Waals surface area contributed by atoms with Crippen molar-refractivity contribution in [2.75, 3.05) is 7.11 Å². The molecule has 0 aliphatic heterocycles. The fourth-order valence-corrected chi connectivity index (χ4v) is 1.67. The number of carboxylic acids is 1. The van der Waals surface area contributed by atoms with Gasteiger partial charge in [0.05, 0.1) is 0 Å². The quantitative estimate of drug-likeness (QED) is 0.822. The summed E-state index contributed by atoms with van der Waals surface area (Å²) in [6.45, 7) is 4.00. The van der Waals surface area contributed by atoms with E-state index in [2.05, 4.69) is 6.07 Å². The van der Waals surface area contributed by atoms with E-state index in [0.717, 1.165) is 16.7 Å². The predicted molar refractivity (Wildman–Crippen MR) is 58.1 cm³/mol. The van der Waals surface area contributed by atoms with Crippen LogP contribution in [0.4, 0.5) is 0 Å². The topological polar surface area (TPSA) is 46.5 Å². The van der Waals surface area contributed by atoms with Crippen molar-refractivity contribution in [1.29, 1.82) is 0 Å². The Morgan fingerprint density at radius 2 is 1.87 bits per heavy atom. The van der Waals surface area contributed by atoms with Crippen LogP contribution in [0.1, 0.15) is 16.7 Å². The van der Waals surface area contributed by atoms with Crippen LogP contribution in [-0.2, 0) is 16.0 Å². The second-order valence-corrected chi connectivity index (χ2v) is 3.76. The highest BCUT2D eigenvalue weighted by Crippen LogP contribution is 2.12. The molecule has 0 aliphatic carbocycles. The van der Waals surface area contributed by atoms with Gasteiger partial charge < -0.3 is 9.84 Å². The van der Waals surface area contributed by atoms with Crippen molar-refractivity contribution in [3.05, 3.63) is 34.9 Å². The largest absolute Gasteiger partial charge is 0.479 e. The van der Waals surface area contributed by atoms with Gasteiger partial charge in [0.15, 0.2) is 6.10 Å². The second-order valence-electron chi connectivity index (χ2n) is 3.76. The van der Waals surface area contributed by atoms with Gasteiger partial charge in [0, 0.05) is 13.5 Å². The van der Waals surface area contributed by atoms with E-state index in [-0.39, 0.29) is 0 Å². The number of carbonyl (C=O) groups is 1. The van der Waals surface area contributed by atoms with E-state index in [1.807, 2.05) is 26.0 Å². The van der Waals surface area contributed by atoms with Crippen LogP contribution >= 0.6 is 0 Å². The third-order valence-electron chi connectivity index (χ3n) is 2.26. The van der Waals surface area contributed by atoms with Crippen molar-refractivity contribution < 1.29 is 14.6 Å². The van der Waals surface area contributed by atoms with E-state index in [4.69, 9.17) is 9.84 Å². The molecule has 15 heavy (non-hydrogen) atoms. The Balaban J connectivity index is 2.83. The summed E-state index contributed by atoms with van der Waals surface area (Å²) < 4.78 is 4.90. The summed E-state index contributed by atoms with van der Waals surface area (Å²) in [6, 6.07) is 6.04. The maximum Gasteiger partial charge on any atom is 0.333 e. The third kappa shape index (κ3) is 3.36. The van der Waals surface area contributed by atoms with Crippen molar-refractivity contribution in [3.8, 4) is 0 Å². The first-order chi connectivity index (χ1) is 7.02. The number of aryl methyl sites for hydroxylation is 2. The van der Waals surface area contributed by atoms with E-state index in [1.165, 1.54) is 7.11 Å². The maximum atomic E-state index is 10.8. The molecule has 0 unspecified atom stereocenters. The van der Waals surface area contributed by atoms with E-state index in [9.17, 15) is 4.79 Å². The summed E-state index contributed by atoms with van der Waals surface area (Å²) in [4.78, 5) is 10.8. The summed E-state index contributed by atoms with van der Waals surface area (Å²) in [7, 11) is 1.42. The van der Waals surface area contributed by atoms with Crippen molar-refractivity contribution in [3.63, 3.8) is 0 Å². The highest BCUT2D eigenvalue weighted by Gasteiger charge is 2.16. The smallest absolute Gasteiger partial charge is 0.333 e. The Bertz CT molecular complexity index is 338. The van der Waals surface area contributed by atoms with Gasteiger partial charge in [-0.15, -0.1) is 0 Å². The monoisotopic (exact) mass is 208 g/mol. The average molecular weight is 208 g/mol. The normalized spacial score (nSPS) is 12.5. The van der Waals surface area contributed by atoms with Crippen molar-refractivity contribution in [1.82, 2.24) is 0 Å². The Kier molecular flexibility index (Phi) is 3.86. The molecule has 0 saturated heterocycles. The molecule has 0 fully saturated rings. The Hall–Kier alpha value is -1.35. The van der Waals surface area contributed by atoms with Gasteiger partial charge >= 0.3 is 5.97 Å². The van der Waals surface area contributed by atoms with Gasteiger partial charge in [0.25, 0.3) is 0 Å². The molecule has 0 aliphatic rings. The predicted octanol–water partition coefficient (Wildman–Crippen LogP) is 1.95. The molecule has 0 radical (unpaired) electrons. The first-order valence-electron chi connectivity index (χ1n) is 4.85. The van der Waals surface area contributed by atoms with Gasteiger partial charge in [0.2, 0.25) is 0 Å². The zero-order valence-electron chi connectivity index (χ0n) is 9.28. The molecule has 0 bridgehead atoms. The summed E-state index contributed by atoms with van der Waals surface area (Å²) >= 11 is 0. The summed E-state index contributed by atoms with van der Waals surface area (Å²) in [6.07, 6.45) is -0.347. The molecule has 1 aromatic rings. The molecular weight excluding hydrogens is 192 g/mol. The Morgan fingerprint density at radius 1 is 1.33 bits per heavy atom. The highest BCUT2D eigenvalue weighted by molar-refractivity contribution is 5.72. The molecule has 0 amide bonds. The van der Waals surface area contributed by atoms with Gasteiger partial charge in [0.1, 0.15) is 0 Å². The maximum absolute atomic E-state index is 10.8. The van der Waals surface area contributed by atoms with Crippen LogP contribution in [0.5, 0.6) is 0 Å². The minimum atomic E-state index is -0.920. The fourth-order valence-electron chi connectivity index (χ4n) is 1.67. The minimum Gasteiger partial charge on any atom is -0.479 e. The number of benzene rings is 1. The van der Waals surface area contributed by atoms with Crippen LogP contribution in [-0.4, -0.2) is 24.3 Å². The average Bonchev–Trinajstić information content (AvgIpc) is 2.12. The first kappa shape index (κ1) is 11.7. The highest BCUT2D eigenvalue weighted by atomic mass is 16.5. The molecule has 0 spiro atoms. The molecule has 1 aromatic carbocycles. The molecular formula is C12H16O3. The fraction of sp³-hybridized carbons (Fsp3) is 0.417. The second kappa shape index (κ2) is 4.94. The number of ether oxygens (including phenoxy) is 1. The molecule has 1 rings (SSSR count). The van der Waals surface area contributed by atoms with Gasteiger partial charge in [-0.25, -0.2) is 4.79 Å². The molecule has 3 heteroatoms. The van der Waals surface area contributed by atoms with Crippen LogP contribution in [0.2, 0.25) is 0 Å². The Morgan fingerprint density at radius 3 is 2.27 bits per heavy atom. The molecule has 3 nitrogen and oxygen atoms in total. The van der Waals surface area contributed by atoms with E-state index < -0.39 is 12.1 Å². The number of methoxy groups -OCH3 is 1. The van der Waals surface area contributed by atoms with Crippen molar-refractivity contribution in [2.24, 2.45) is 0 Å². The van der Waals surface area contributed by atoms with Crippen LogP contribution in [0, 0.1) is 13.8 Å². The molecule has 1 N–H and O–H groups in total. The zero-order chi connectivity index (χ0) is 11.4. The number of rotatable bonds is 4. The molecule has 0 heterocycles. The number of carboxylic acid groups (broad SMARTS) is 1. The lowest BCUT2D eigenvalue weighted by molar-refractivity contribution is -0.148. The van der Waals surface area contributed by atoms with Gasteiger partial charge in [-0.3, -0.25) is 0 Å². The van der Waals surface area contributed by atoms with Gasteiger partial charge in [-0.05, 0) is 19.4 Å².